The van der Waals surface area contributed by atoms with Crippen molar-refractivity contribution in [3.63, 3.8) is 0 Å². The maximum atomic E-state index is 10.6. The van der Waals surface area contributed by atoms with Crippen LogP contribution < -0.4 is 27.7 Å². The van der Waals surface area contributed by atoms with Crippen molar-refractivity contribution in [3.05, 3.63) is 42.8 Å². The summed E-state index contributed by atoms with van der Waals surface area (Å²) >= 11 is 0. The van der Waals surface area contributed by atoms with Crippen molar-refractivity contribution in [3.8, 4) is 6.01 Å². The lowest BCUT2D eigenvalue weighted by Gasteiger charge is -2.18. The van der Waals surface area contributed by atoms with Crippen molar-refractivity contribution in [2.75, 3.05) is 108 Å². The van der Waals surface area contributed by atoms with Crippen LogP contribution in [0, 0.1) is 0 Å². The number of ether oxygens (including phenoxy) is 5. The molecule has 0 spiro atoms. The van der Waals surface area contributed by atoms with E-state index >= 15 is 0 Å². The molecule has 8 aromatic rings. The average molecular weight is 1510 g/mol. The predicted octanol–water partition coefficient (Wildman–Crippen LogP) is 3.37. The second-order valence-corrected chi connectivity index (χ2v) is 46.9. The Labute approximate surface area is 600 Å². The van der Waals surface area contributed by atoms with Crippen LogP contribution in [0.15, 0.2) is 25.3 Å². The van der Waals surface area contributed by atoms with Gasteiger partial charge in [-0.25, -0.2) is 49.8 Å². The normalized spacial score (nSPS) is 26.8. The highest BCUT2D eigenvalue weighted by atomic mass is 31.2. The number of aromatic nitrogens is 16. The van der Waals surface area contributed by atoms with Crippen LogP contribution in [0.2, 0.25) is 0 Å². The second-order valence-electron chi connectivity index (χ2n) is 29.7. The molecule has 4 aliphatic rings. The Hall–Kier alpha value is -6.08. The molecule has 12 rings (SSSR count). The molecule has 0 aromatic carbocycles. The zero-order valence-electron chi connectivity index (χ0n) is 61.1. The number of anilines is 4. The highest BCUT2D eigenvalue weighted by molar-refractivity contribution is 7.73. The first-order valence-corrected chi connectivity index (χ1v) is 46.8. The molecule has 0 unspecified atom stereocenters. The number of fused-ring (bicyclic) bond motifs is 4. The smallest absolute Gasteiger partial charge is 0.320 e. The van der Waals surface area contributed by atoms with Crippen molar-refractivity contribution >= 4 is 121 Å². The first-order valence-electron chi connectivity index (χ1n) is 34.6. The molecule has 12 heterocycles. The van der Waals surface area contributed by atoms with E-state index in [1.165, 1.54) is 26.1 Å². The molecule has 570 valence electrons. The van der Waals surface area contributed by atoms with Crippen molar-refractivity contribution in [2.45, 2.75) is 183 Å². The molecule has 103 heavy (non-hydrogen) atoms. The molecular formula is C66H108N20O13P4. The molecular weight excluding hydrogens is 1400 g/mol. The monoisotopic (exact) mass is 1510 g/mol. The zero-order chi connectivity index (χ0) is 75.5. The maximum absolute atomic E-state index is 10.6. The van der Waals surface area contributed by atoms with E-state index < -0.39 is 126 Å². The minimum Gasteiger partial charge on any atom is -0.467 e. The van der Waals surface area contributed by atoms with Crippen molar-refractivity contribution in [2.24, 2.45) is 0 Å². The number of nitrogen functional groups attached to an aromatic ring is 4. The molecule has 8 aromatic heterocycles. The van der Waals surface area contributed by atoms with E-state index in [0.717, 1.165) is 50.3 Å². The van der Waals surface area contributed by atoms with E-state index in [1.807, 2.05) is 13.8 Å². The summed E-state index contributed by atoms with van der Waals surface area (Å²) in [5.74, 6) is 2.98. The molecule has 0 radical (unpaired) electrons. The molecule has 0 bridgehead atoms. The molecule has 4 aliphatic heterocycles. The Kier molecular flexibility index (Phi) is 26.2. The number of methoxy groups -OCH3 is 1. The molecule has 33 nitrogen and oxygen atoms in total. The van der Waals surface area contributed by atoms with Gasteiger partial charge in [-0.3, -0.25) is 18.3 Å². The topological polar surface area (TPSA) is 486 Å². The van der Waals surface area contributed by atoms with Gasteiger partial charge in [-0.05, 0) is 116 Å². The minimum atomic E-state index is -1.25. The van der Waals surface area contributed by atoms with E-state index in [-0.39, 0.29) is 11.8 Å². The van der Waals surface area contributed by atoms with Gasteiger partial charge in [-0.15, -0.1) is 52.7 Å². The number of hydrogen-bond donors (Lipinski definition) is 12. The van der Waals surface area contributed by atoms with E-state index in [1.54, 1.807) is 24.6 Å². The average Bonchev–Trinajstić information content (AvgIpc) is 1.64. The standard InChI is InChI=1S/C18H30N5O3P.C17H28N5O3P.C16H26N5O3P.C15H24N5O4P/c1-5-6-7-12-21-16(19)13-17(22-12)23(10-20-13)18-15(25)14(24)11(26-18)8-9-27(2,3)4;1-5-6-11-20-15(18)12-16(21-11)22(9-19-12)17-14(24)13(23)10(25-17)7-8-26(2,3)4;1-5-10-19-14(17)11-15(20-10)21(8-18-11)16-13(23)12(22)9(24-16)6-7-25(2,3)4;1-23-15-18-12(16)9-13(19-15)20(7-17-9)14-11(22)10(21)8(24-14)5-6-25(2,3)4/h10-11,14-15,18,24-25H,2,5-9H2,1,3-4H3,(H2,19,21,22);9-10,13-14,17,23-24H,2,5-8H2,1,3-4H3,(H2,18,20,21);8-9,12-13,16,22-23H,2,5-7H2,1,3-4H3,(H2,17,19,20);7-8,10-11,14,21-22H,2,5-6H2,1,3-4H3,(H2,16,18,19)/t11-,14-,15-,18-;10-,13-,14-,17-;9-,12-,13-,16-;8-,10-,11-,14-/m1111/s1. The molecule has 16 atom stereocenters. The Bertz CT molecular complexity index is 4280. The van der Waals surface area contributed by atoms with Gasteiger partial charge in [-0.1, -0.05) is 27.2 Å². The number of aliphatic hydroxyl groups is 8. The summed E-state index contributed by atoms with van der Waals surface area (Å²) in [6.45, 7) is 18.2. The van der Waals surface area contributed by atoms with Crippen LogP contribution in [0.4, 0.5) is 23.3 Å². The van der Waals surface area contributed by atoms with Crippen molar-refractivity contribution in [1.29, 1.82) is 0 Å². The number of aliphatic hydroxyl groups excluding tert-OH is 8. The van der Waals surface area contributed by atoms with Gasteiger partial charge in [0.05, 0.1) is 56.8 Å². The number of rotatable bonds is 23. The van der Waals surface area contributed by atoms with Gasteiger partial charge in [0.1, 0.15) is 82.9 Å². The number of nitrogens with two attached hydrogens (primary N) is 4. The molecule has 0 saturated carbocycles. The molecule has 0 amide bonds. The molecule has 4 saturated heterocycles. The third-order valence-corrected chi connectivity index (χ3v) is 24.0. The minimum absolute atomic E-state index is 0.0972. The fourth-order valence-electron chi connectivity index (χ4n) is 12.3. The summed E-state index contributed by atoms with van der Waals surface area (Å²) in [5, 5.41) is 83.6. The van der Waals surface area contributed by atoms with Gasteiger partial charge in [-0.2, -0.15) is 9.97 Å². The lowest BCUT2D eigenvalue weighted by molar-refractivity contribution is -0.0353. The Morgan fingerprint density at radius 2 is 0.660 bits per heavy atom. The second kappa shape index (κ2) is 33.4. The van der Waals surface area contributed by atoms with Crippen LogP contribution >= 0.6 is 27.5 Å². The Morgan fingerprint density at radius 3 is 0.932 bits per heavy atom. The van der Waals surface area contributed by atoms with Crippen LogP contribution in [-0.2, 0) is 38.2 Å². The molecule has 16 N–H and O–H groups in total. The summed E-state index contributed by atoms with van der Waals surface area (Å²) in [6.07, 6.45) is 20.8. The quantitative estimate of drug-likeness (QED) is 0.0408. The third kappa shape index (κ3) is 19.4. The lowest BCUT2D eigenvalue weighted by Crippen LogP contribution is -2.31. The molecule has 4 fully saturated rings. The van der Waals surface area contributed by atoms with Crippen LogP contribution in [0.3, 0.4) is 0 Å². The number of hydrogen-bond acceptors (Lipinski definition) is 29. The van der Waals surface area contributed by atoms with E-state index in [9.17, 15) is 40.9 Å². The summed E-state index contributed by atoms with van der Waals surface area (Å²) in [5.41, 5.74) is 27.6. The van der Waals surface area contributed by atoms with E-state index in [0.29, 0.717) is 118 Å². The third-order valence-electron chi connectivity index (χ3n) is 18.2. The SMILES string of the molecule is C=P(C)(C)CC[C@H]1O[C@@H](n2cnc3c(N)nc(CC)nc32)[C@H](O)[C@@H]1O.C=P(C)(C)CC[C@H]1O[C@@H](n2cnc3c(N)nc(CCC)nc32)[C@H](O)[C@@H]1O.C=P(C)(C)CC[C@H]1O[C@@H](n2cnc3c(N)nc(CCCC)nc32)[C@H](O)[C@@H]1O.C=P(C)(C)CC[C@H]1O[C@@H](n2cnc3c(N)nc(OC)nc32)[C@H](O)[C@@H]1O. The summed E-state index contributed by atoms with van der Waals surface area (Å²) < 4.78 is 35.4. The zero-order valence-corrected chi connectivity index (χ0v) is 64.7. The van der Waals surface area contributed by atoms with Crippen LogP contribution in [0.5, 0.6) is 6.01 Å². The number of nitrogens with zero attached hydrogens (tertiary/aromatic N) is 16. The van der Waals surface area contributed by atoms with Crippen molar-refractivity contribution < 1.29 is 64.5 Å². The summed E-state index contributed by atoms with van der Waals surface area (Å²) in [4.78, 5) is 51.6. The number of unbranched alkanes of at least 4 members (excludes halogenated alkanes) is 1. The van der Waals surface area contributed by atoms with Gasteiger partial charge in [0.2, 0.25) is 0 Å². The van der Waals surface area contributed by atoms with Crippen molar-refractivity contribution in [1.82, 2.24) is 78.1 Å². The predicted molar refractivity (Wildman–Crippen MR) is 413 cm³/mol. The fraction of sp³-hybridized carbons (Fsp3) is 0.636. The number of imidazole rings is 4. The van der Waals surface area contributed by atoms with Gasteiger partial charge in [0, 0.05) is 19.3 Å². The van der Waals surface area contributed by atoms with E-state index in [2.05, 4.69) is 145 Å². The highest BCUT2D eigenvalue weighted by Gasteiger charge is 2.48. The maximum Gasteiger partial charge on any atom is 0.320 e. The lowest BCUT2D eigenvalue weighted by atomic mass is 10.1. The van der Waals surface area contributed by atoms with Gasteiger partial charge in [0.25, 0.3) is 0 Å². The number of aryl methyl sites for hydroxylation is 3. The van der Waals surface area contributed by atoms with Crippen LogP contribution in [0.25, 0.3) is 44.7 Å². The Morgan fingerprint density at radius 1 is 0.388 bits per heavy atom. The summed E-state index contributed by atoms with van der Waals surface area (Å²) in [7, 11) is 1.44. The highest BCUT2D eigenvalue weighted by Crippen LogP contribution is 2.45. The molecule has 0 aliphatic carbocycles. The first kappa shape index (κ1) is 81.0. The van der Waals surface area contributed by atoms with E-state index in [4.69, 9.17) is 46.6 Å². The van der Waals surface area contributed by atoms with Gasteiger partial charge in [0.15, 0.2) is 76.3 Å². The summed E-state index contributed by atoms with van der Waals surface area (Å²) in [6, 6.07) is 0.0972. The van der Waals surface area contributed by atoms with Gasteiger partial charge >= 0.3 is 6.01 Å². The van der Waals surface area contributed by atoms with Crippen LogP contribution in [-0.4, -0.2) is 302 Å². The molecule has 37 heteroatoms. The Balaban J connectivity index is 0.000000160. The van der Waals surface area contributed by atoms with Crippen LogP contribution in [0.1, 0.15) is 108 Å². The fourth-order valence-corrected chi connectivity index (χ4v) is 16.2. The first-order chi connectivity index (χ1) is 48.3. The largest absolute Gasteiger partial charge is 0.467 e. The van der Waals surface area contributed by atoms with Gasteiger partial charge < -0.3 is 87.5 Å².